The van der Waals surface area contributed by atoms with Crippen molar-refractivity contribution in [3.63, 3.8) is 0 Å². The molecule has 1 aliphatic rings. The number of carbonyl (C=O) groups is 1. The molecule has 1 aromatic rings. The maximum atomic E-state index is 12.1. The lowest BCUT2D eigenvalue weighted by Gasteiger charge is -2.20. The van der Waals surface area contributed by atoms with Gasteiger partial charge in [0.05, 0.1) is 23.9 Å². The summed E-state index contributed by atoms with van der Waals surface area (Å²) in [6.45, 7) is 6.44. The third kappa shape index (κ3) is 2.03. The molecular formula is C14H20N2O2. The van der Waals surface area contributed by atoms with Crippen LogP contribution in [-0.4, -0.2) is 19.6 Å². The molecule has 1 amide bonds. The zero-order valence-electron chi connectivity index (χ0n) is 11.4. The highest BCUT2D eigenvalue weighted by atomic mass is 16.5. The zero-order chi connectivity index (χ0) is 13.4. The molecule has 0 radical (unpaired) electrons. The lowest BCUT2D eigenvalue weighted by molar-refractivity contribution is -0.122. The number of benzene rings is 1. The number of hydrogen-bond donors (Lipinski definition) is 1. The van der Waals surface area contributed by atoms with E-state index in [1.54, 1.807) is 11.9 Å². The minimum absolute atomic E-state index is 0.0639. The molecule has 18 heavy (non-hydrogen) atoms. The lowest BCUT2D eigenvalue weighted by atomic mass is 10.0. The smallest absolute Gasteiger partial charge is 0.233 e. The third-order valence-corrected chi connectivity index (χ3v) is 3.38. The van der Waals surface area contributed by atoms with Gasteiger partial charge in [0.1, 0.15) is 0 Å². The standard InChI is InChI=1S/C14H20N2O2/c1-8(2)10-5-11(15)13-12(6-10)16(4)14(17)9(3)7-18-13/h5-6,8-9H,7,15H2,1-4H3. The highest BCUT2D eigenvalue weighted by Gasteiger charge is 2.27. The number of ether oxygens (including phenoxy) is 1. The van der Waals surface area contributed by atoms with E-state index >= 15 is 0 Å². The van der Waals surface area contributed by atoms with Crippen LogP contribution in [0, 0.1) is 5.92 Å². The number of nitrogen functional groups attached to an aromatic ring is 1. The van der Waals surface area contributed by atoms with Crippen molar-refractivity contribution in [2.24, 2.45) is 5.92 Å². The van der Waals surface area contributed by atoms with E-state index in [1.807, 2.05) is 19.1 Å². The molecule has 1 atom stereocenters. The topological polar surface area (TPSA) is 55.6 Å². The predicted molar refractivity (Wildman–Crippen MR) is 73.0 cm³/mol. The second-order valence-corrected chi connectivity index (χ2v) is 5.22. The molecule has 2 rings (SSSR count). The molecule has 1 aromatic carbocycles. The van der Waals surface area contributed by atoms with Crippen LogP contribution in [0.1, 0.15) is 32.3 Å². The molecule has 1 heterocycles. The number of amides is 1. The van der Waals surface area contributed by atoms with Crippen molar-refractivity contribution in [1.82, 2.24) is 0 Å². The van der Waals surface area contributed by atoms with E-state index in [1.165, 1.54) is 0 Å². The van der Waals surface area contributed by atoms with Gasteiger partial charge >= 0.3 is 0 Å². The average Bonchev–Trinajstić information content (AvgIpc) is 2.43. The molecular weight excluding hydrogens is 228 g/mol. The van der Waals surface area contributed by atoms with E-state index in [-0.39, 0.29) is 11.8 Å². The largest absolute Gasteiger partial charge is 0.488 e. The van der Waals surface area contributed by atoms with Gasteiger partial charge in [-0.1, -0.05) is 20.8 Å². The van der Waals surface area contributed by atoms with Crippen LogP contribution in [0.25, 0.3) is 0 Å². The average molecular weight is 248 g/mol. The maximum absolute atomic E-state index is 12.1. The van der Waals surface area contributed by atoms with Gasteiger partial charge in [0.2, 0.25) is 5.91 Å². The molecule has 0 saturated heterocycles. The number of carbonyl (C=O) groups excluding carboxylic acids is 1. The molecule has 0 spiro atoms. The first-order valence-corrected chi connectivity index (χ1v) is 6.25. The number of nitrogens with zero attached hydrogens (tertiary/aromatic N) is 1. The number of nitrogens with two attached hydrogens (primary N) is 1. The van der Waals surface area contributed by atoms with Gasteiger partial charge in [-0.15, -0.1) is 0 Å². The molecule has 0 fully saturated rings. The van der Waals surface area contributed by atoms with Gasteiger partial charge in [-0.05, 0) is 23.6 Å². The normalized spacial score (nSPS) is 19.5. The summed E-state index contributed by atoms with van der Waals surface area (Å²) in [4.78, 5) is 13.8. The first kappa shape index (κ1) is 12.7. The molecule has 0 bridgehead atoms. The van der Waals surface area contributed by atoms with Crippen LogP contribution < -0.4 is 15.4 Å². The van der Waals surface area contributed by atoms with Gasteiger partial charge in [0.15, 0.2) is 5.75 Å². The van der Waals surface area contributed by atoms with E-state index in [4.69, 9.17) is 10.5 Å². The Morgan fingerprint density at radius 3 is 2.72 bits per heavy atom. The predicted octanol–water partition coefficient (Wildman–Crippen LogP) is 2.38. The van der Waals surface area contributed by atoms with E-state index in [0.717, 1.165) is 11.3 Å². The van der Waals surface area contributed by atoms with Crippen molar-refractivity contribution in [2.45, 2.75) is 26.7 Å². The van der Waals surface area contributed by atoms with Crippen LogP contribution >= 0.6 is 0 Å². The first-order chi connectivity index (χ1) is 8.41. The van der Waals surface area contributed by atoms with Crippen molar-refractivity contribution < 1.29 is 9.53 Å². The van der Waals surface area contributed by atoms with Crippen LogP contribution in [0.2, 0.25) is 0 Å². The van der Waals surface area contributed by atoms with Crippen LogP contribution in [0.4, 0.5) is 11.4 Å². The molecule has 1 aliphatic heterocycles. The second-order valence-electron chi connectivity index (χ2n) is 5.22. The molecule has 0 aromatic heterocycles. The van der Waals surface area contributed by atoms with Crippen LogP contribution in [-0.2, 0) is 4.79 Å². The van der Waals surface area contributed by atoms with E-state index in [0.29, 0.717) is 24.0 Å². The molecule has 4 nitrogen and oxygen atoms in total. The SMILES string of the molecule is CC1COc2c(N)cc(C(C)C)cc2N(C)C1=O. The fourth-order valence-electron chi connectivity index (χ4n) is 2.13. The minimum atomic E-state index is -0.149. The van der Waals surface area contributed by atoms with Crippen LogP contribution in [0.3, 0.4) is 0 Å². The maximum Gasteiger partial charge on any atom is 0.233 e. The summed E-state index contributed by atoms with van der Waals surface area (Å²) in [7, 11) is 1.77. The minimum Gasteiger partial charge on any atom is -0.488 e. The molecule has 0 saturated carbocycles. The molecule has 4 heteroatoms. The summed E-state index contributed by atoms with van der Waals surface area (Å²) in [5, 5.41) is 0. The zero-order valence-corrected chi connectivity index (χ0v) is 11.4. The quantitative estimate of drug-likeness (QED) is 0.776. The highest BCUT2D eigenvalue weighted by molar-refractivity contribution is 5.97. The van der Waals surface area contributed by atoms with Crippen molar-refractivity contribution in [3.05, 3.63) is 17.7 Å². The van der Waals surface area contributed by atoms with Crippen molar-refractivity contribution in [3.8, 4) is 5.75 Å². The van der Waals surface area contributed by atoms with Crippen molar-refractivity contribution in [2.75, 3.05) is 24.3 Å². The lowest BCUT2D eigenvalue weighted by Crippen LogP contribution is -2.31. The fourth-order valence-corrected chi connectivity index (χ4v) is 2.13. The van der Waals surface area contributed by atoms with Gasteiger partial charge in [0, 0.05) is 7.05 Å². The summed E-state index contributed by atoms with van der Waals surface area (Å²) in [6, 6.07) is 3.92. The van der Waals surface area contributed by atoms with Crippen molar-refractivity contribution in [1.29, 1.82) is 0 Å². The molecule has 0 aliphatic carbocycles. The summed E-state index contributed by atoms with van der Waals surface area (Å²) in [5.74, 6) is 0.903. The van der Waals surface area contributed by atoms with Crippen LogP contribution in [0.5, 0.6) is 5.75 Å². The number of hydrogen-bond acceptors (Lipinski definition) is 3. The van der Waals surface area contributed by atoms with Crippen molar-refractivity contribution >= 4 is 17.3 Å². The van der Waals surface area contributed by atoms with Gasteiger partial charge in [-0.3, -0.25) is 4.79 Å². The third-order valence-electron chi connectivity index (χ3n) is 3.38. The number of rotatable bonds is 1. The Bertz CT molecular complexity index is 483. The highest BCUT2D eigenvalue weighted by Crippen LogP contribution is 2.39. The van der Waals surface area contributed by atoms with Crippen LogP contribution in [0.15, 0.2) is 12.1 Å². The summed E-state index contributed by atoms with van der Waals surface area (Å²) >= 11 is 0. The van der Waals surface area contributed by atoms with Gasteiger partial charge in [-0.25, -0.2) is 0 Å². The second kappa shape index (κ2) is 4.52. The van der Waals surface area contributed by atoms with E-state index in [9.17, 15) is 4.79 Å². The summed E-state index contributed by atoms with van der Waals surface area (Å²) in [5.41, 5.74) is 8.53. The molecule has 1 unspecified atom stereocenters. The molecule has 2 N–H and O–H groups in total. The Labute approximate surface area is 108 Å². The van der Waals surface area contributed by atoms with E-state index in [2.05, 4.69) is 13.8 Å². The summed E-state index contributed by atoms with van der Waals surface area (Å²) in [6.07, 6.45) is 0. The first-order valence-electron chi connectivity index (χ1n) is 6.25. The number of fused-ring (bicyclic) bond motifs is 1. The van der Waals surface area contributed by atoms with Gasteiger partial charge in [-0.2, -0.15) is 0 Å². The number of anilines is 2. The fraction of sp³-hybridized carbons (Fsp3) is 0.500. The Hall–Kier alpha value is -1.71. The van der Waals surface area contributed by atoms with E-state index < -0.39 is 0 Å². The molecule has 98 valence electrons. The Balaban J connectivity index is 2.56. The Morgan fingerprint density at radius 1 is 1.44 bits per heavy atom. The Morgan fingerprint density at radius 2 is 2.11 bits per heavy atom. The Kier molecular flexibility index (Phi) is 3.20. The summed E-state index contributed by atoms with van der Waals surface area (Å²) < 4.78 is 5.68. The monoisotopic (exact) mass is 248 g/mol. The van der Waals surface area contributed by atoms with Gasteiger partial charge < -0.3 is 15.4 Å². The van der Waals surface area contributed by atoms with Gasteiger partial charge in [0.25, 0.3) is 0 Å².